The molecule has 2 aromatic carbocycles. The molecule has 1 aliphatic rings. The number of benzene rings is 2. The minimum Gasteiger partial charge on any atom is -0.380 e. The summed E-state index contributed by atoms with van der Waals surface area (Å²) in [6.07, 6.45) is 1.62. The number of aliphatic hydroxyl groups is 1. The molecule has 2 nitrogen and oxygen atoms in total. The maximum Gasteiger partial charge on any atom is 0.123 e. The Bertz CT molecular complexity index is 579. The minimum atomic E-state index is -1.23. The van der Waals surface area contributed by atoms with Crippen LogP contribution in [0.15, 0.2) is 48.5 Å². The second-order valence-corrected chi connectivity index (χ2v) is 5.80. The third kappa shape index (κ3) is 3.55. The lowest BCUT2D eigenvalue weighted by Gasteiger charge is -2.39. The zero-order valence-corrected chi connectivity index (χ0v) is 13.5. The second kappa shape index (κ2) is 7.39. The van der Waals surface area contributed by atoms with Crippen LogP contribution in [-0.2, 0) is 5.60 Å². The standard InChI is InChI=1S/C18H19F2NO.ClH/c19-16-5-1-13(2-6-16)18(22,15-9-11-21-12-10-15)14-3-7-17(20)8-4-14;/h1-8,15,21-22H,9-12H2;1H. The van der Waals surface area contributed by atoms with Gasteiger partial charge in [0.15, 0.2) is 0 Å². The summed E-state index contributed by atoms with van der Waals surface area (Å²) in [6, 6.07) is 11.9. The molecule has 0 saturated carbocycles. The monoisotopic (exact) mass is 339 g/mol. The quantitative estimate of drug-likeness (QED) is 0.895. The van der Waals surface area contributed by atoms with Gasteiger partial charge in [-0.1, -0.05) is 24.3 Å². The average Bonchev–Trinajstić information content (AvgIpc) is 2.56. The molecule has 2 aromatic rings. The zero-order chi connectivity index (χ0) is 15.6. The van der Waals surface area contributed by atoms with Crippen LogP contribution in [-0.4, -0.2) is 18.2 Å². The summed E-state index contributed by atoms with van der Waals surface area (Å²) >= 11 is 0. The summed E-state index contributed by atoms with van der Waals surface area (Å²) in [6.45, 7) is 1.66. The Labute approximate surface area is 141 Å². The molecule has 0 aliphatic carbocycles. The number of nitrogens with one attached hydrogen (secondary N) is 1. The molecule has 0 spiro atoms. The number of halogens is 3. The van der Waals surface area contributed by atoms with E-state index in [1.807, 2.05) is 0 Å². The van der Waals surface area contributed by atoms with E-state index in [0.29, 0.717) is 11.1 Å². The predicted molar refractivity (Wildman–Crippen MR) is 88.6 cm³/mol. The Balaban J connectivity index is 0.00000192. The SMILES string of the molecule is Cl.OC(c1ccc(F)cc1)(c1ccc(F)cc1)C1CCNCC1. The summed E-state index contributed by atoms with van der Waals surface area (Å²) < 4.78 is 26.5. The third-order valence-corrected chi connectivity index (χ3v) is 4.50. The van der Waals surface area contributed by atoms with Crippen LogP contribution in [0.1, 0.15) is 24.0 Å². The Morgan fingerprint density at radius 1 is 0.826 bits per heavy atom. The first-order chi connectivity index (χ1) is 10.6. The number of hydrogen-bond donors (Lipinski definition) is 2. The molecular weight excluding hydrogens is 320 g/mol. The van der Waals surface area contributed by atoms with Gasteiger partial charge in [-0.15, -0.1) is 12.4 Å². The molecular formula is C18H20ClF2NO. The molecule has 0 amide bonds. The van der Waals surface area contributed by atoms with E-state index < -0.39 is 5.60 Å². The first kappa shape index (κ1) is 17.9. The molecule has 0 bridgehead atoms. The summed E-state index contributed by atoms with van der Waals surface area (Å²) in [7, 11) is 0. The lowest BCUT2D eigenvalue weighted by Crippen LogP contribution is -2.42. The highest BCUT2D eigenvalue weighted by Gasteiger charge is 2.40. The molecule has 2 N–H and O–H groups in total. The second-order valence-electron chi connectivity index (χ2n) is 5.80. The Hall–Kier alpha value is -1.49. The number of rotatable bonds is 3. The first-order valence-electron chi connectivity index (χ1n) is 7.56. The van der Waals surface area contributed by atoms with Crippen LogP contribution in [0.4, 0.5) is 8.78 Å². The van der Waals surface area contributed by atoms with E-state index in [9.17, 15) is 13.9 Å². The fourth-order valence-corrected chi connectivity index (χ4v) is 3.29. The van der Waals surface area contributed by atoms with Crippen LogP contribution in [0.25, 0.3) is 0 Å². The molecule has 23 heavy (non-hydrogen) atoms. The van der Waals surface area contributed by atoms with Gasteiger partial charge in [-0.3, -0.25) is 0 Å². The minimum absolute atomic E-state index is 0. The summed E-state index contributed by atoms with van der Waals surface area (Å²) in [5.74, 6) is -0.671. The van der Waals surface area contributed by atoms with Gasteiger partial charge in [0.2, 0.25) is 0 Å². The van der Waals surface area contributed by atoms with Crippen molar-refractivity contribution in [3.63, 3.8) is 0 Å². The lowest BCUT2D eigenvalue weighted by atomic mass is 9.72. The fourth-order valence-electron chi connectivity index (χ4n) is 3.29. The van der Waals surface area contributed by atoms with E-state index in [1.54, 1.807) is 24.3 Å². The molecule has 0 aromatic heterocycles. The van der Waals surface area contributed by atoms with Gasteiger partial charge in [0, 0.05) is 0 Å². The van der Waals surface area contributed by atoms with Crippen molar-refractivity contribution in [1.82, 2.24) is 5.32 Å². The summed E-state index contributed by atoms with van der Waals surface area (Å²) in [5.41, 5.74) is 0.0589. The lowest BCUT2D eigenvalue weighted by molar-refractivity contribution is 0.00226. The molecule has 1 saturated heterocycles. The van der Waals surface area contributed by atoms with Gasteiger partial charge in [-0.2, -0.15) is 0 Å². The van der Waals surface area contributed by atoms with Gasteiger partial charge < -0.3 is 10.4 Å². The molecule has 3 rings (SSSR count). The van der Waals surface area contributed by atoms with Crippen molar-refractivity contribution in [2.24, 2.45) is 5.92 Å². The highest BCUT2D eigenvalue weighted by Crippen LogP contribution is 2.41. The summed E-state index contributed by atoms with van der Waals surface area (Å²) in [5, 5.41) is 14.8. The maximum atomic E-state index is 13.2. The molecule has 5 heteroatoms. The van der Waals surface area contributed by atoms with E-state index in [1.165, 1.54) is 24.3 Å². The number of piperidine rings is 1. The Morgan fingerprint density at radius 2 is 1.22 bits per heavy atom. The van der Waals surface area contributed by atoms with Gasteiger partial charge >= 0.3 is 0 Å². The van der Waals surface area contributed by atoms with Crippen LogP contribution >= 0.6 is 12.4 Å². The van der Waals surface area contributed by atoms with Crippen molar-refractivity contribution in [2.45, 2.75) is 18.4 Å². The smallest absolute Gasteiger partial charge is 0.123 e. The molecule has 0 unspecified atom stereocenters. The average molecular weight is 340 g/mol. The zero-order valence-electron chi connectivity index (χ0n) is 12.6. The first-order valence-corrected chi connectivity index (χ1v) is 7.56. The summed E-state index contributed by atoms with van der Waals surface area (Å²) in [4.78, 5) is 0. The molecule has 1 fully saturated rings. The maximum absolute atomic E-state index is 13.2. The van der Waals surface area contributed by atoms with Crippen LogP contribution in [0, 0.1) is 17.6 Å². The van der Waals surface area contributed by atoms with Crippen LogP contribution in [0.5, 0.6) is 0 Å². The largest absolute Gasteiger partial charge is 0.380 e. The van der Waals surface area contributed by atoms with E-state index in [-0.39, 0.29) is 30.0 Å². The van der Waals surface area contributed by atoms with Gasteiger partial charge in [0.25, 0.3) is 0 Å². The molecule has 0 atom stereocenters. The highest BCUT2D eigenvalue weighted by molar-refractivity contribution is 5.85. The van der Waals surface area contributed by atoms with Crippen molar-refractivity contribution >= 4 is 12.4 Å². The van der Waals surface area contributed by atoms with Crippen molar-refractivity contribution < 1.29 is 13.9 Å². The fraction of sp³-hybridized carbons (Fsp3) is 0.333. The van der Waals surface area contributed by atoms with E-state index in [0.717, 1.165) is 25.9 Å². The van der Waals surface area contributed by atoms with Crippen LogP contribution in [0.2, 0.25) is 0 Å². The highest BCUT2D eigenvalue weighted by atomic mass is 35.5. The number of hydrogen-bond acceptors (Lipinski definition) is 2. The third-order valence-electron chi connectivity index (χ3n) is 4.50. The van der Waals surface area contributed by atoms with Crippen LogP contribution in [0.3, 0.4) is 0 Å². The van der Waals surface area contributed by atoms with Crippen LogP contribution < -0.4 is 5.32 Å². The Kier molecular flexibility index (Phi) is 5.74. The van der Waals surface area contributed by atoms with E-state index in [4.69, 9.17) is 0 Å². The normalized spacial score (nSPS) is 16.0. The Morgan fingerprint density at radius 3 is 1.61 bits per heavy atom. The van der Waals surface area contributed by atoms with E-state index >= 15 is 0 Å². The topological polar surface area (TPSA) is 32.3 Å². The molecule has 1 aliphatic heterocycles. The van der Waals surface area contributed by atoms with Crippen molar-refractivity contribution in [1.29, 1.82) is 0 Å². The van der Waals surface area contributed by atoms with Gasteiger partial charge in [0.05, 0.1) is 0 Å². The van der Waals surface area contributed by atoms with Crippen molar-refractivity contribution in [3.05, 3.63) is 71.3 Å². The van der Waals surface area contributed by atoms with E-state index in [2.05, 4.69) is 5.32 Å². The van der Waals surface area contributed by atoms with Gasteiger partial charge in [0.1, 0.15) is 17.2 Å². The van der Waals surface area contributed by atoms with Crippen molar-refractivity contribution in [2.75, 3.05) is 13.1 Å². The van der Waals surface area contributed by atoms with Gasteiger partial charge in [-0.05, 0) is 67.2 Å². The van der Waals surface area contributed by atoms with Crippen molar-refractivity contribution in [3.8, 4) is 0 Å². The molecule has 0 radical (unpaired) electrons. The molecule has 1 heterocycles. The van der Waals surface area contributed by atoms with Gasteiger partial charge in [-0.25, -0.2) is 8.78 Å². The molecule has 124 valence electrons. The predicted octanol–water partition coefficient (Wildman–Crippen LogP) is 3.62.